The molecule has 13 atom stereocenters. The molecule has 5 fully saturated rings. The van der Waals surface area contributed by atoms with E-state index in [0.29, 0.717) is 44.0 Å². The third-order valence-electron chi connectivity index (χ3n) is 17.8. The molecule has 74 heavy (non-hydrogen) atoms. The van der Waals surface area contributed by atoms with Crippen LogP contribution in [-0.2, 0) is 40.0 Å². The number of nitrogens with zero attached hydrogens (tertiary/aromatic N) is 4. The zero-order chi connectivity index (χ0) is 52.7. The van der Waals surface area contributed by atoms with Crippen LogP contribution < -0.4 is 21.3 Å². The molecule has 0 unspecified atom stereocenters. The Balaban J connectivity index is 0.733. The molecule has 0 spiro atoms. The van der Waals surface area contributed by atoms with Crippen molar-refractivity contribution in [2.24, 2.45) is 46.3 Å². The zero-order valence-corrected chi connectivity index (χ0v) is 42.7. The minimum Gasteiger partial charge on any atom is -0.481 e. The van der Waals surface area contributed by atoms with E-state index in [1.54, 1.807) is 12.1 Å². The molecule has 5 aliphatic rings. The fourth-order valence-corrected chi connectivity index (χ4v) is 13.9. The largest absolute Gasteiger partial charge is 0.481 e. The van der Waals surface area contributed by atoms with Gasteiger partial charge in [-0.15, -0.1) is 0 Å². The Kier molecular flexibility index (Phi) is 17.6. The van der Waals surface area contributed by atoms with Crippen molar-refractivity contribution in [1.82, 2.24) is 31.3 Å². The lowest BCUT2D eigenvalue weighted by molar-refractivity contribution is -0.383. The minimum atomic E-state index is -1.10. The number of carboxylic acids is 1. The zero-order valence-electron chi connectivity index (χ0n) is 42.7. The number of non-ortho nitro benzene ring substituents is 1. The van der Waals surface area contributed by atoms with Crippen molar-refractivity contribution in [3.8, 4) is 0 Å². The molecule has 0 radical (unpaired) electrons. The molecular formula is C53H74N8O13. The minimum absolute atomic E-state index is 0.0122. The van der Waals surface area contributed by atoms with Gasteiger partial charge in [-0.05, 0) is 139 Å². The van der Waals surface area contributed by atoms with Gasteiger partial charge in [0.15, 0.2) is 5.52 Å². The number of amides is 4. The van der Waals surface area contributed by atoms with E-state index in [-0.39, 0.29) is 115 Å². The number of unbranched alkanes of at least 4 members (excludes halogenated alkanes) is 2. The standard InChI is InChI=1S/C53H74N8O13/c1-31(12-17-46(66)67)35-13-14-36-47-37(29-43(63)53(35,36)3)52(2)21-18-34(27-33(52)28-42(47)62)72-24-9-5-8-22-55-45(65)30-56-50(68)41-20-25-73-60(41)51(69)39(26-32-10-6-4-7-11-32)57-44(64)19-23-54-38-15-16-40(61(70)71)49-48(38)58-74-59-49/h4,6-7,10-11,15-16,31,33-37,39,41-43,47,54,62-63H,5,8-9,12-14,17-30H2,1-3H3,(H,55,65)(H,56,68)(H,57,64)(H,66,67)/t31-,33+,34+,35-,36+,37+,39+,41+,42-,43+,47+,52+,53-/m1/s1. The van der Waals surface area contributed by atoms with Crippen molar-refractivity contribution in [2.45, 2.75) is 147 Å². The van der Waals surface area contributed by atoms with Gasteiger partial charge in [-0.25, -0.2) is 9.69 Å². The second-order valence-corrected chi connectivity index (χ2v) is 22.0. The summed E-state index contributed by atoms with van der Waals surface area (Å²) in [6.45, 7) is 7.59. The Hall–Kier alpha value is -5.77. The first-order valence-corrected chi connectivity index (χ1v) is 26.7. The lowest BCUT2D eigenvalue weighted by Crippen LogP contribution is -2.62. The van der Waals surface area contributed by atoms with Gasteiger partial charge in [-0.1, -0.05) is 51.1 Å². The number of carbonyl (C=O) groups excluding carboxylic acids is 4. The summed E-state index contributed by atoms with van der Waals surface area (Å²) in [7, 11) is 0. The summed E-state index contributed by atoms with van der Waals surface area (Å²) in [6, 6.07) is 9.62. The quantitative estimate of drug-likeness (QED) is 0.0370. The molecule has 2 aromatic carbocycles. The van der Waals surface area contributed by atoms with E-state index in [4.69, 9.17) is 14.2 Å². The molecule has 4 amide bonds. The molecule has 21 nitrogen and oxygen atoms in total. The molecule has 8 rings (SSSR count). The normalized spacial score (nSPS) is 30.1. The predicted molar refractivity (Wildman–Crippen MR) is 268 cm³/mol. The van der Waals surface area contributed by atoms with Gasteiger partial charge in [-0.2, -0.15) is 0 Å². The molecule has 7 N–H and O–H groups in total. The van der Waals surface area contributed by atoms with Gasteiger partial charge < -0.3 is 41.3 Å². The molecule has 1 aliphatic heterocycles. The second kappa shape index (κ2) is 23.8. The number of hydrogen-bond acceptors (Lipinski definition) is 15. The van der Waals surface area contributed by atoms with Crippen LogP contribution in [0, 0.1) is 56.5 Å². The van der Waals surface area contributed by atoms with Crippen LogP contribution in [0.1, 0.15) is 116 Å². The highest BCUT2D eigenvalue weighted by Gasteiger charge is 2.66. The summed E-state index contributed by atoms with van der Waals surface area (Å²) in [4.78, 5) is 81.2. The highest BCUT2D eigenvalue weighted by Crippen LogP contribution is 2.68. The summed E-state index contributed by atoms with van der Waals surface area (Å²) in [5.74, 6) is -1.51. The molecule has 1 saturated heterocycles. The number of rotatable bonds is 23. The maximum atomic E-state index is 14.0. The SMILES string of the molecule is C[C@H](CCC(=O)O)[C@H]1CC[C@H]2[C@@H]3[C@H](O)C[C@@H]4C[C@@H](OCCCCCNC(=O)CNC(=O)[C@@H]5CCON5C(=O)[C@H](Cc5ccccc5)NC(=O)CCNc5ccc([N+](=O)[O-])c6nonc56)CC[C@]4(C)[C@H]3C[C@H](O)[C@]12C. The number of carboxylic acid groups (broad SMARTS) is 1. The number of benzene rings is 2. The number of anilines is 1. The molecule has 4 aliphatic carbocycles. The van der Waals surface area contributed by atoms with Crippen LogP contribution in [-0.4, -0.2) is 128 Å². The third kappa shape index (κ3) is 11.8. The first-order valence-electron chi connectivity index (χ1n) is 26.7. The van der Waals surface area contributed by atoms with E-state index >= 15 is 0 Å². The topological polar surface area (TPSA) is 298 Å². The number of nitro benzene ring substituents is 1. The number of nitrogens with one attached hydrogen (secondary N) is 4. The Morgan fingerprint density at radius 1 is 0.905 bits per heavy atom. The monoisotopic (exact) mass is 1030 g/mol. The fourth-order valence-electron chi connectivity index (χ4n) is 13.9. The van der Waals surface area contributed by atoms with Crippen molar-refractivity contribution >= 4 is 52.0 Å². The van der Waals surface area contributed by atoms with Gasteiger partial charge in [0, 0.05) is 51.4 Å². The number of ether oxygens (including phenoxy) is 1. The Bertz CT molecular complexity index is 2480. The van der Waals surface area contributed by atoms with Crippen molar-refractivity contribution in [3.63, 3.8) is 0 Å². The number of aliphatic hydroxyl groups excluding tert-OH is 2. The Morgan fingerprint density at radius 2 is 1.69 bits per heavy atom. The number of hydrogen-bond donors (Lipinski definition) is 7. The van der Waals surface area contributed by atoms with Crippen LogP contribution in [0.3, 0.4) is 0 Å². The first-order chi connectivity index (χ1) is 35.5. The number of aromatic nitrogens is 2. The van der Waals surface area contributed by atoms with Gasteiger partial charge in [0.1, 0.15) is 12.1 Å². The lowest BCUT2D eigenvalue weighted by Gasteiger charge is -2.63. The van der Waals surface area contributed by atoms with Crippen LogP contribution in [0.15, 0.2) is 47.1 Å². The predicted octanol–water partition coefficient (Wildman–Crippen LogP) is 5.08. The van der Waals surface area contributed by atoms with Crippen molar-refractivity contribution in [2.75, 3.05) is 38.2 Å². The van der Waals surface area contributed by atoms with Crippen molar-refractivity contribution in [3.05, 3.63) is 58.1 Å². The van der Waals surface area contributed by atoms with E-state index in [0.717, 1.165) is 62.0 Å². The summed E-state index contributed by atoms with van der Waals surface area (Å²) < 4.78 is 11.1. The van der Waals surface area contributed by atoms with Crippen molar-refractivity contribution in [1.29, 1.82) is 0 Å². The van der Waals surface area contributed by atoms with Gasteiger partial charge in [0.05, 0.1) is 42.1 Å². The van der Waals surface area contributed by atoms with Crippen LogP contribution in [0.4, 0.5) is 11.4 Å². The molecule has 2 heterocycles. The highest BCUT2D eigenvalue weighted by atomic mass is 16.7. The smallest absolute Gasteiger partial charge is 0.303 e. The number of hydroxylamine groups is 2. The maximum absolute atomic E-state index is 14.0. The Morgan fingerprint density at radius 3 is 2.46 bits per heavy atom. The van der Waals surface area contributed by atoms with E-state index in [2.05, 4.69) is 52.4 Å². The van der Waals surface area contributed by atoms with E-state index in [9.17, 15) is 49.4 Å². The van der Waals surface area contributed by atoms with Crippen LogP contribution >= 0.6 is 0 Å². The van der Waals surface area contributed by atoms with E-state index < -0.39 is 52.9 Å². The number of nitro groups is 1. The van der Waals surface area contributed by atoms with Gasteiger partial charge in [0.25, 0.3) is 5.91 Å². The summed E-state index contributed by atoms with van der Waals surface area (Å²) in [6.07, 6.45) is 8.66. The number of fused-ring (bicyclic) bond motifs is 6. The molecule has 3 aromatic rings. The number of carbonyl (C=O) groups is 5. The van der Waals surface area contributed by atoms with Gasteiger partial charge in [-0.3, -0.25) is 38.9 Å². The average Bonchev–Trinajstić information content (AvgIpc) is 4.16. The molecule has 0 bridgehead atoms. The fraction of sp³-hybridized carbons (Fsp3) is 0.679. The van der Waals surface area contributed by atoms with Gasteiger partial charge in [0.2, 0.25) is 23.2 Å². The maximum Gasteiger partial charge on any atom is 0.303 e. The highest BCUT2D eigenvalue weighted by molar-refractivity contribution is 5.94. The van der Waals surface area contributed by atoms with Crippen LogP contribution in [0.5, 0.6) is 0 Å². The molecule has 4 saturated carbocycles. The number of aliphatic hydroxyl groups is 2. The summed E-state index contributed by atoms with van der Waals surface area (Å²) in [5, 5.41) is 64.0. The third-order valence-corrected chi connectivity index (χ3v) is 17.8. The molecule has 21 heteroatoms. The lowest BCUT2D eigenvalue weighted by atomic mass is 9.43. The van der Waals surface area contributed by atoms with E-state index in [1.807, 2.05) is 18.2 Å². The molecule has 404 valence electrons. The Labute approximate surface area is 430 Å². The van der Waals surface area contributed by atoms with E-state index in [1.165, 1.54) is 12.1 Å². The van der Waals surface area contributed by atoms with Crippen LogP contribution in [0.25, 0.3) is 11.0 Å². The number of aliphatic carboxylic acids is 1. The summed E-state index contributed by atoms with van der Waals surface area (Å²) in [5.41, 5.74) is 0.626. The molecular weight excluding hydrogens is 957 g/mol. The van der Waals surface area contributed by atoms with Crippen molar-refractivity contribution < 1.29 is 58.4 Å². The average molecular weight is 1030 g/mol. The molecule has 1 aromatic heterocycles. The van der Waals surface area contributed by atoms with Gasteiger partial charge >= 0.3 is 11.7 Å². The van der Waals surface area contributed by atoms with Crippen LogP contribution in [0.2, 0.25) is 0 Å². The second-order valence-electron chi connectivity index (χ2n) is 22.0. The first kappa shape index (κ1) is 54.5. The summed E-state index contributed by atoms with van der Waals surface area (Å²) >= 11 is 0.